The maximum Gasteiger partial charge on any atom is 0.234 e. The van der Waals surface area contributed by atoms with Gasteiger partial charge in [0.2, 0.25) is 5.90 Å². The van der Waals surface area contributed by atoms with Crippen molar-refractivity contribution in [3.05, 3.63) is 54.1 Å². The lowest BCUT2D eigenvalue weighted by Gasteiger charge is -2.20. The smallest absolute Gasteiger partial charge is 0.234 e. The first kappa shape index (κ1) is 14.1. The van der Waals surface area contributed by atoms with Crippen molar-refractivity contribution < 1.29 is 4.74 Å². The van der Waals surface area contributed by atoms with Crippen LogP contribution in [0.3, 0.4) is 0 Å². The third-order valence-corrected chi connectivity index (χ3v) is 5.41. The van der Waals surface area contributed by atoms with E-state index in [1.807, 2.05) is 18.6 Å². The normalized spacial score (nSPS) is 18.4. The van der Waals surface area contributed by atoms with E-state index < -0.39 is 8.24 Å². The number of benzene rings is 1. The summed E-state index contributed by atoms with van der Waals surface area (Å²) in [7, 11) is -1.50. The summed E-state index contributed by atoms with van der Waals surface area (Å²) >= 11 is 0. The first-order valence-corrected chi connectivity index (χ1v) is 10.8. The van der Waals surface area contributed by atoms with Crippen LogP contribution >= 0.6 is 0 Å². The van der Waals surface area contributed by atoms with Gasteiger partial charge in [-0.2, -0.15) is 0 Å². The molecule has 1 aromatic heterocycles. The second-order valence-corrected chi connectivity index (χ2v) is 11.2. The van der Waals surface area contributed by atoms with Gasteiger partial charge in [-0.15, -0.1) is 0 Å². The van der Waals surface area contributed by atoms with Crippen LogP contribution in [0.5, 0.6) is 0 Å². The quantitative estimate of drug-likeness (QED) is 0.814. The Kier molecular flexibility index (Phi) is 3.67. The molecule has 0 bridgehead atoms. The molecule has 0 N–H and O–H groups in total. The van der Waals surface area contributed by atoms with Crippen molar-refractivity contribution >= 4 is 14.1 Å². The van der Waals surface area contributed by atoms with E-state index in [9.17, 15) is 0 Å². The van der Waals surface area contributed by atoms with Gasteiger partial charge in [-0.25, -0.2) is 9.98 Å². The Morgan fingerprint density at radius 2 is 2.00 bits per heavy atom. The van der Waals surface area contributed by atoms with Crippen molar-refractivity contribution in [1.82, 2.24) is 9.22 Å². The van der Waals surface area contributed by atoms with Crippen molar-refractivity contribution in [3.8, 4) is 0 Å². The zero-order chi connectivity index (χ0) is 14.9. The molecule has 5 heteroatoms. The fraction of sp³-hybridized carbons (Fsp3) is 0.375. The molecule has 0 saturated heterocycles. The van der Waals surface area contributed by atoms with Crippen LogP contribution < -0.4 is 0 Å². The van der Waals surface area contributed by atoms with Crippen LogP contribution in [0.15, 0.2) is 47.8 Å². The molecule has 1 aromatic carbocycles. The number of rotatable bonds is 4. The SMILES string of the molecule is C[Si](C)(C)n1cncc1C1=NC(Cc2ccccc2)CO1. The molecule has 1 unspecified atom stereocenters. The average Bonchev–Trinajstić information content (AvgIpc) is 3.07. The van der Waals surface area contributed by atoms with Gasteiger partial charge in [0.1, 0.15) is 12.3 Å². The fourth-order valence-electron chi connectivity index (χ4n) is 2.53. The minimum Gasteiger partial charge on any atom is -0.474 e. The first-order chi connectivity index (χ1) is 10.0. The standard InChI is InChI=1S/C16H21N3OSi/c1-21(2,3)19-12-17-10-15(19)16-18-14(11-20-16)9-13-7-5-4-6-8-13/h4-8,10,12,14H,9,11H2,1-3H3. The molecule has 110 valence electrons. The third kappa shape index (κ3) is 3.08. The number of imidazole rings is 1. The molecule has 0 fully saturated rings. The summed E-state index contributed by atoms with van der Waals surface area (Å²) in [4.78, 5) is 9.03. The van der Waals surface area contributed by atoms with Gasteiger partial charge < -0.3 is 8.97 Å². The van der Waals surface area contributed by atoms with E-state index in [-0.39, 0.29) is 6.04 Å². The predicted octanol–water partition coefficient (Wildman–Crippen LogP) is 2.95. The fourth-order valence-corrected chi connectivity index (χ4v) is 3.82. The lowest BCUT2D eigenvalue weighted by molar-refractivity contribution is 0.316. The molecule has 4 nitrogen and oxygen atoms in total. The number of aliphatic imine (C=N–C) groups is 1. The lowest BCUT2D eigenvalue weighted by atomic mass is 10.1. The number of hydrogen-bond acceptors (Lipinski definition) is 3. The number of hydrogen-bond donors (Lipinski definition) is 0. The second-order valence-electron chi connectivity index (χ2n) is 6.41. The Morgan fingerprint density at radius 3 is 2.71 bits per heavy atom. The highest BCUT2D eigenvalue weighted by Crippen LogP contribution is 2.18. The Labute approximate surface area is 126 Å². The Bertz CT molecular complexity index is 643. The minimum atomic E-state index is -1.50. The highest BCUT2D eigenvalue weighted by Gasteiger charge is 2.27. The van der Waals surface area contributed by atoms with Gasteiger partial charge in [0.25, 0.3) is 0 Å². The van der Waals surface area contributed by atoms with Crippen LogP contribution in [0.25, 0.3) is 0 Å². The molecule has 0 spiro atoms. The van der Waals surface area contributed by atoms with Gasteiger partial charge >= 0.3 is 0 Å². The summed E-state index contributed by atoms with van der Waals surface area (Å²) in [6.07, 6.45) is 4.69. The van der Waals surface area contributed by atoms with E-state index in [2.05, 4.69) is 53.1 Å². The van der Waals surface area contributed by atoms with Crippen LogP contribution in [-0.4, -0.2) is 36.0 Å². The number of nitrogens with zero attached hydrogens (tertiary/aromatic N) is 3. The van der Waals surface area contributed by atoms with E-state index in [1.54, 1.807) is 0 Å². The summed E-state index contributed by atoms with van der Waals surface area (Å²) in [5, 5.41) is 0. The molecule has 0 saturated carbocycles. The first-order valence-electron chi connectivity index (χ1n) is 7.32. The van der Waals surface area contributed by atoms with Crippen LogP contribution in [-0.2, 0) is 11.2 Å². The van der Waals surface area contributed by atoms with E-state index in [1.165, 1.54) is 5.56 Å². The molecule has 2 heterocycles. The molecular formula is C16H21N3OSi. The molecule has 1 aliphatic rings. The lowest BCUT2D eigenvalue weighted by Crippen LogP contribution is -2.34. The highest BCUT2D eigenvalue weighted by atomic mass is 28.3. The van der Waals surface area contributed by atoms with E-state index in [0.717, 1.165) is 18.0 Å². The van der Waals surface area contributed by atoms with Gasteiger partial charge in [0.05, 0.1) is 18.6 Å². The number of ether oxygens (including phenoxy) is 1. The maximum atomic E-state index is 5.83. The molecule has 0 radical (unpaired) electrons. The van der Waals surface area contributed by atoms with Crippen LogP contribution in [0.2, 0.25) is 19.6 Å². The molecule has 2 aromatic rings. The minimum absolute atomic E-state index is 0.201. The zero-order valence-corrected chi connectivity index (χ0v) is 13.8. The summed E-state index contributed by atoms with van der Waals surface area (Å²) in [6.45, 7) is 7.51. The third-order valence-electron chi connectivity index (χ3n) is 3.61. The molecule has 3 rings (SSSR count). The Balaban J connectivity index is 1.79. The summed E-state index contributed by atoms with van der Waals surface area (Å²) in [5.41, 5.74) is 2.32. The second kappa shape index (κ2) is 5.48. The van der Waals surface area contributed by atoms with Crippen LogP contribution in [0.4, 0.5) is 0 Å². The van der Waals surface area contributed by atoms with Crippen molar-refractivity contribution in [2.75, 3.05) is 6.61 Å². The summed E-state index contributed by atoms with van der Waals surface area (Å²) in [5.74, 6) is 0.746. The van der Waals surface area contributed by atoms with Crippen molar-refractivity contribution in [3.63, 3.8) is 0 Å². The zero-order valence-electron chi connectivity index (χ0n) is 12.8. The van der Waals surface area contributed by atoms with E-state index >= 15 is 0 Å². The monoisotopic (exact) mass is 299 g/mol. The van der Waals surface area contributed by atoms with Crippen molar-refractivity contribution in [2.45, 2.75) is 32.1 Å². The van der Waals surface area contributed by atoms with Gasteiger partial charge in [-0.1, -0.05) is 50.0 Å². The highest BCUT2D eigenvalue weighted by molar-refractivity contribution is 6.74. The van der Waals surface area contributed by atoms with E-state index in [0.29, 0.717) is 6.61 Å². The molecule has 1 aliphatic heterocycles. The number of aromatic nitrogens is 2. The predicted molar refractivity (Wildman–Crippen MR) is 87.4 cm³/mol. The molecule has 0 amide bonds. The van der Waals surface area contributed by atoms with Gasteiger partial charge in [-0.3, -0.25) is 0 Å². The van der Waals surface area contributed by atoms with Crippen molar-refractivity contribution in [2.24, 2.45) is 4.99 Å². The van der Waals surface area contributed by atoms with Crippen LogP contribution in [0.1, 0.15) is 11.3 Å². The molecule has 0 aliphatic carbocycles. The largest absolute Gasteiger partial charge is 0.474 e. The van der Waals surface area contributed by atoms with Crippen LogP contribution in [0, 0.1) is 0 Å². The topological polar surface area (TPSA) is 39.4 Å². The van der Waals surface area contributed by atoms with E-state index in [4.69, 9.17) is 9.73 Å². The Hall–Kier alpha value is -1.88. The average molecular weight is 299 g/mol. The van der Waals surface area contributed by atoms with Crippen molar-refractivity contribution in [1.29, 1.82) is 0 Å². The van der Waals surface area contributed by atoms with Gasteiger partial charge in [0.15, 0.2) is 8.24 Å². The molecule has 21 heavy (non-hydrogen) atoms. The molecular weight excluding hydrogens is 278 g/mol. The molecule has 1 atom stereocenters. The van der Waals surface area contributed by atoms with Gasteiger partial charge in [-0.05, 0) is 12.0 Å². The Morgan fingerprint density at radius 1 is 1.24 bits per heavy atom. The summed E-state index contributed by atoms with van der Waals surface area (Å²) in [6, 6.07) is 10.6. The summed E-state index contributed by atoms with van der Waals surface area (Å²) < 4.78 is 8.08. The maximum absolute atomic E-state index is 5.83. The van der Waals surface area contributed by atoms with Gasteiger partial charge in [0, 0.05) is 0 Å².